The van der Waals surface area contributed by atoms with Crippen LogP contribution in [0.1, 0.15) is 49.5 Å². The predicted molar refractivity (Wildman–Crippen MR) is 158 cm³/mol. The van der Waals surface area contributed by atoms with Crippen LogP contribution in [-0.4, -0.2) is 62.9 Å². The van der Waals surface area contributed by atoms with Gasteiger partial charge >= 0.3 is 6.03 Å². The number of nitrogens with zero attached hydrogens (tertiary/aromatic N) is 1. The summed E-state index contributed by atoms with van der Waals surface area (Å²) in [6, 6.07) is 13.6. The highest BCUT2D eigenvalue weighted by Gasteiger charge is 2.25. The molecule has 1 heterocycles. The van der Waals surface area contributed by atoms with Crippen molar-refractivity contribution in [2.24, 2.45) is 0 Å². The molecule has 40 heavy (non-hydrogen) atoms. The minimum Gasteiger partial charge on any atom is -0.492 e. The SMILES string of the molecule is COc1c(NC(=O)Nc2ccc(C(=O)N3CCC(O)CC3)c3ccccc23)cc(C(C)(C)C)cc1NS(C)(=O)=O. The number of carbonyl (C=O) groups is 2. The number of likely N-dealkylation sites (tertiary alicyclic amines) is 1. The van der Waals surface area contributed by atoms with E-state index in [0.717, 1.165) is 11.8 Å². The second kappa shape index (κ2) is 11.3. The molecule has 0 radical (unpaired) electrons. The summed E-state index contributed by atoms with van der Waals surface area (Å²) in [4.78, 5) is 28.3. The van der Waals surface area contributed by atoms with Gasteiger partial charge in [-0.1, -0.05) is 45.0 Å². The van der Waals surface area contributed by atoms with Gasteiger partial charge in [-0.15, -0.1) is 0 Å². The van der Waals surface area contributed by atoms with Gasteiger partial charge in [0, 0.05) is 24.0 Å². The van der Waals surface area contributed by atoms with Gasteiger partial charge in [0.15, 0.2) is 5.75 Å². The van der Waals surface area contributed by atoms with Crippen LogP contribution in [0.4, 0.5) is 21.9 Å². The summed E-state index contributed by atoms with van der Waals surface area (Å²) in [6.07, 6.45) is 1.76. The molecule has 3 aromatic rings. The molecule has 0 unspecified atom stereocenters. The molecule has 0 saturated carbocycles. The summed E-state index contributed by atoms with van der Waals surface area (Å²) in [7, 11) is -2.22. The minimum absolute atomic E-state index is 0.117. The fourth-order valence-corrected chi connectivity index (χ4v) is 5.31. The number of fused-ring (bicyclic) bond motifs is 1. The third-order valence-electron chi connectivity index (χ3n) is 6.86. The number of sulfonamides is 1. The third kappa shape index (κ3) is 6.65. The van der Waals surface area contributed by atoms with Crippen molar-refractivity contribution in [3.63, 3.8) is 0 Å². The number of hydrogen-bond acceptors (Lipinski definition) is 6. The van der Waals surface area contributed by atoms with E-state index in [1.807, 2.05) is 45.0 Å². The monoisotopic (exact) mass is 568 g/mol. The van der Waals surface area contributed by atoms with E-state index in [9.17, 15) is 23.1 Å². The molecule has 0 bridgehead atoms. The molecular weight excluding hydrogens is 532 g/mol. The van der Waals surface area contributed by atoms with Crippen LogP contribution in [0.3, 0.4) is 0 Å². The molecule has 1 aliphatic heterocycles. The Hall–Kier alpha value is -3.83. The van der Waals surface area contributed by atoms with Crippen LogP contribution in [0.25, 0.3) is 10.8 Å². The second-order valence-electron chi connectivity index (χ2n) is 11.0. The topological polar surface area (TPSA) is 137 Å². The maximum atomic E-state index is 13.3. The summed E-state index contributed by atoms with van der Waals surface area (Å²) >= 11 is 0. The average Bonchev–Trinajstić information content (AvgIpc) is 2.87. The standard InChI is InChI=1S/C29H36N4O6S/c1-29(2,3)18-16-24(26(39-4)25(17-18)32-40(5,37)38)31-28(36)30-23-11-10-22(20-8-6-7-9-21(20)23)27(35)33-14-12-19(34)13-15-33/h6-11,16-17,19,32,34H,12-15H2,1-5H3,(H2,30,31,36). The largest absolute Gasteiger partial charge is 0.492 e. The van der Waals surface area contributed by atoms with Gasteiger partial charge in [-0.3, -0.25) is 9.52 Å². The van der Waals surface area contributed by atoms with Crippen LogP contribution in [0, 0.1) is 0 Å². The first-order valence-electron chi connectivity index (χ1n) is 13.0. The Bertz CT molecular complexity index is 1540. The van der Waals surface area contributed by atoms with Crippen molar-refractivity contribution in [1.82, 2.24) is 4.90 Å². The third-order valence-corrected chi connectivity index (χ3v) is 7.45. The molecule has 1 saturated heterocycles. The Labute approximate surface area is 234 Å². The number of methoxy groups -OCH3 is 1. The number of ether oxygens (including phenoxy) is 1. The molecule has 10 nitrogen and oxygen atoms in total. The molecule has 4 N–H and O–H groups in total. The van der Waals surface area contributed by atoms with Crippen molar-refractivity contribution < 1.29 is 27.9 Å². The van der Waals surface area contributed by atoms with E-state index >= 15 is 0 Å². The van der Waals surface area contributed by atoms with Gasteiger partial charge in [-0.05, 0) is 53.5 Å². The van der Waals surface area contributed by atoms with E-state index in [0.29, 0.717) is 53.6 Å². The summed E-state index contributed by atoms with van der Waals surface area (Å²) in [5.41, 5.74) is 1.97. The normalized spacial score (nSPS) is 14.6. The van der Waals surface area contributed by atoms with E-state index < -0.39 is 16.1 Å². The Morgan fingerprint density at radius 2 is 1.55 bits per heavy atom. The van der Waals surface area contributed by atoms with Gasteiger partial charge < -0.3 is 25.4 Å². The Balaban J connectivity index is 1.64. The van der Waals surface area contributed by atoms with E-state index in [1.165, 1.54) is 7.11 Å². The highest BCUT2D eigenvalue weighted by Crippen LogP contribution is 2.39. The van der Waals surface area contributed by atoms with E-state index in [-0.39, 0.29) is 28.9 Å². The van der Waals surface area contributed by atoms with Crippen molar-refractivity contribution in [2.75, 3.05) is 41.8 Å². The van der Waals surface area contributed by atoms with Crippen LogP contribution in [0.2, 0.25) is 0 Å². The molecule has 11 heteroatoms. The molecule has 4 rings (SSSR count). The molecule has 0 aromatic heterocycles. The lowest BCUT2D eigenvalue weighted by Crippen LogP contribution is -2.40. The Morgan fingerprint density at radius 1 is 0.950 bits per heavy atom. The van der Waals surface area contributed by atoms with Gasteiger partial charge in [0.1, 0.15) is 0 Å². The zero-order valence-electron chi connectivity index (χ0n) is 23.4. The molecule has 3 aromatic carbocycles. The lowest BCUT2D eigenvalue weighted by Gasteiger charge is -2.30. The predicted octanol–water partition coefficient (Wildman–Crippen LogP) is 4.76. The summed E-state index contributed by atoms with van der Waals surface area (Å²) in [6.45, 7) is 6.91. The molecule has 0 aliphatic carbocycles. The number of aliphatic hydroxyl groups excluding tert-OH is 1. The summed E-state index contributed by atoms with van der Waals surface area (Å²) in [5.74, 6) is 0.0553. The minimum atomic E-state index is -3.61. The smallest absolute Gasteiger partial charge is 0.323 e. The summed E-state index contributed by atoms with van der Waals surface area (Å²) < 4.78 is 32.0. The number of carbonyl (C=O) groups excluding carboxylic acids is 2. The number of amides is 3. The Morgan fingerprint density at radius 3 is 2.15 bits per heavy atom. The summed E-state index contributed by atoms with van der Waals surface area (Å²) in [5, 5.41) is 16.9. The molecule has 1 fully saturated rings. The first kappa shape index (κ1) is 29.2. The second-order valence-corrected chi connectivity index (χ2v) is 12.8. The molecular formula is C29H36N4O6S. The number of urea groups is 1. The first-order valence-corrected chi connectivity index (χ1v) is 14.9. The van der Waals surface area contributed by atoms with Crippen LogP contribution >= 0.6 is 0 Å². The Kier molecular flexibility index (Phi) is 8.27. The van der Waals surface area contributed by atoms with Gasteiger partial charge in [-0.25, -0.2) is 13.2 Å². The molecule has 3 amide bonds. The van der Waals surface area contributed by atoms with Crippen LogP contribution in [0.15, 0.2) is 48.5 Å². The van der Waals surface area contributed by atoms with Crippen molar-refractivity contribution in [2.45, 2.75) is 45.1 Å². The number of benzene rings is 3. The van der Waals surface area contributed by atoms with Crippen molar-refractivity contribution in [3.8, 4) is 5.75 Å². The molecule has 1 aliphatic rings. The van der Waals surface area contributed by atoms with Crippen LogP contribution in [-0.2, 0) is 15.4 Å². The molecule has 0 atom stereocenters. The van der Waals surface area contributed by atoms with E-state index in [2.05, 4.69) is 15.4 Å². The zero-order valence-corrected chi connectivity index (χ0v) is 24.2. The first-order chi connectivity index (χ1) is 18.8. The van der Waals surface area contributed by atoms with Crippen molar-refractivity contribution in [3.05, 3.63) is 59.7 Å². The van der Waals surface area contributed by atoms with Crippen molar-refractivity contribution in [1.29, 1.82) is 0 Å². The van der Waals surface area contributed by atoms with E-state index in [4.69, 9.17) is 4.74 Å². The van der Waals surface area contributed by atoms with Gasteiger partial charge in [0.05, 0.1) is 36.5 Å². The number of hydrogen-bond donors (Lipinski definition) is 4. The van der Waals surface area contributed by atoms with Crippen LogP contribution in [0.5, 0.6) is 5.75 Å². The quantitative estimate of drug-likeness (QED) is 0.339. The fourth-order valence-electron chi connectivity index (χ4n) is 4.76. The molecule has 0 spiro atoms. The fraction of sp³-hybridized carbons (Fsp3) is 0.379. The number of piperidine rings is 1. The van der Waals surface area contributed by atoms with Crippen LogP contribution < -0.4 is 20.1 Å². The van der Waals surface area contributed by atoms with Gasteiger partial charge in [-0.2, -0.15) is 0 Å². The number of rotatable bonds is 6. The van der Waals surface area contributed by atoms with E-state index in [1.54, 1.807) is 29.2 Å². The molecule has 214 valence electrons. The number of nitrogens with one attached hydrogen (secondary N) is 3. The maximum Gasteiger partial charge on any atom is 0.323 e. The zero-order chi connectivity index (χ0) is 29.2. The van der Waals surface area contributed by atoms with Gasteiger partial charge in [0.25, 0.3) is 5.91 Å². The average molecular weight is 569 g/mol. The lowest BCUT2D eigenvalue weighted by molar-refractivity contribution is 0.0548. The number of aliphatic hydroxyl groups is 1. The highest BCUT2D eigenvalue weighted by atomic mass is 32.2. The maximum absolute atomic E-state index is 13.3. The van der Waals surface area contributed by atoms with Crippen molar-refractivity contribution >= 4 is 49.8 Å². The number of anilines is 3. The highest BCUT2D eigenvalue weighted by molar-refractivity contribution is 7.92. The lowest BCUT2D eigenvalue weighted by atomic mass is 9.86. The van der Waals surface area contributed by atoms with Gasteiger partial charge in [0.2, 0.25) is 10.0 Å².